The Kier molecular flexibility index (Phi) is 7.84. The Bertz CT molecular complexity index is 260. The van der Waals surface area contributed by atoms with Crippen LogP contribution in [0.4, 0.5) is 0 Å². The summed E-state index contributed by atoms with van der Waals surface area (Å²) in [5.41, 5.74) is 0. The zero-order chi connectivity index (χ0) is 12.7. The van der Waals surface area contributed by atoms with E-state index in [0.29, 0.717) is 11.5 Å². The van der Waals surface area contributed by atoms with Gasteiger partial charge in [-0.2, -0.15) is 0 Å². The van der Waals surface area contributed by atoms with E-state index in [1.165, 1.54) is 18.5 Å². The highest BCUT2D eigenvalue weighted by molar-refractivity contribution is 7.92. The van der Waals surface area contributed by atoms with Crippen LogP contribution < -0.4 is 0 Å². The van der Waals surface area contributed by atoms with Gasteiger partial charge in [0.25, 0.3) is 0 Å². The normalized spacial score (nSPS) is 13.0. The lowest BCUT2D eigenvalue weighted by molar-refractivity contribution is 0.594. The quantitative estimate of drug-likeness (QED) is 0.601. The molecule has 0 N–H and O–H groups in total. The fourth-order valence-corrected chi connectivity index (χ4v) is 7.83. The van der Waals surface area contributed by atoms with Gasteiger partial charge in [-0.1, -0.05) is 13.3 Å². The van der Waals surface area contributed by atoms with Crippen molar-refractivity contribution in [1.29, 1.82) is 0 Å². The second-order valence-electron chi connectivity index (χ2n) is 4.52. The van der Waals surface area contributed by atoms with Crippen molar-refractivity contribution in [3.05, 3.63) is 0 Å². The molecule has 0 amide bonds. The first-order valence-electron chi connectivity index (χ1n) is 6.50. The third kappa shape index (κ3) is 5.63. The van der Waals surface area contributed by atoms with E-state index < -0.39 is 17.1 Å². The molecule has 0 heterocycles. The van der Waals surface area contributed by atoms with Gasteiger partial charge in [0.05, 0.1) is 36.2 Å². The van der Waals surface area contributed by atoms with Crippen molar-refractivity contribution in [3.8, 4) is 0 Å². The molecule has 0 fully saturated rings. The van der Waals surface area contributed by atoms with Crippen LogP contribution in [0.5, 0.6) is 0 Å². The van der Waals surface area contributed by atoms with Gasteiger partial charge in [0.1, 0.15) is 0 Å². The van der Waals surface area contributed by atoms with Gasteiger partial charge in [-0.05, 0) is 27.2 Å². The fourth-order valence-electron chi connectivity index (χ4n) is 1.94. The van der Waals surface area contributed by atoms with Gasteiger partial charge in [-0.3, -0.25) is 0 Å². The van der Waals surface area contributed by atoms with Crippen LogP contribution >= 0.6 is 7.26 Å². The summed E-state index contributed by atoms with van der Waals surface area (Å²) in [5, 5.41) is 0. The van der Waals surface area contributed by atoms with Gasteiger partial charge in [-0.25, -0.2) is 8.42 Å². The molecule has 0 saturated carbocycles. The van der Waals surface area contributed by atoms with E-state index in [2.05, 4.69) is 20.8 Å². The molecule has 0 aromatic carbocycles. The Balaban J connectivity index is 4.30. The maximum atomic E-state index is 11.8. The van der Waals surface area contributed by atoms with Crippen molar-refractivity contribution in [3.63, 3.8) is 0 Å². The lowest BCUT2D eigenvalue weighted by Gasteiger charge is -2.23. The van der Waals surface area contributed by atoms with Gasteiger partial charge >= 0.3 is 0 Å². The van der Waals surface area contributed by atoms with E-state index in [1.54, 1.807) is 0 Å². The summed E-state index contributed by atoms with van der Waals surface area (Å²) < 4.78 is 23.6. The minimum atomic E-state index is -2.78. The molecule has 98 valence electrons. The minimum Gasteiger partial charge on any atom is -0.229 e. The summed E-state index contributed by atoms with van der Waals surface area (Å²) >= 11 is 0. The molecule has 0 aromatic rings. The van der Waals surface area contributed by atoms with Gasteiger partial charge in [0.2, 0.25) is 0 Å². The van der Waals surface area contributed by atoms with E-state index in [-0.39, 0.29) is 0 Å². The van der Waals surface area contributed by atoms with E-state index >= 15 is 0 Å². The predicted octanol–water partition coefficient (Wildman–Crippen LogP) is 3.28. The van der Waals surface area contributed by atoms with Crippen LogP contribution in [0.25, 0.3) is 0 Å². The Morgan fingerprint density at radius 1 is 0.875 bits per heavy atom. The summed E-state index contributed by atoms with van der Waals surface area (Å²) in [7, 11) is -3.73. The summed E-state index contributed by atoms with van der Waals surface area (Å²) in [5.74, 6) is 0.816. The molecule has 0 saturated heterocycles. The van der Waals surface area contributed by atoms with E-state index in [4.69, 9.17) is 0 Å². The maximum Gasteiger partial charge on any atom is 0.153 e. The van der Waals surface area contributed by atoms with Crippen LogP contribution in [0, 0.1) is 0 Å². The third-order valence-corrected chi connectivity index (χ3v) is 10.9. The van der Waals surface area contributed by atoms with Crippen LogP contribution in [0.2, 0.25) is 0 Å². The smallest absolute Gasteiger partial charge is 0.153 e. The Morgan fingerprint density at radius 2 is 1.38 bits per heavy atom. The van der Waals surface area contributed by atoms with Crippen molar-refractivity contribution < 1.29 is 8.42 Å². The third-order valence-electron chi connectivity index (χ3n) is 3.70. The first-order chi connectivity index (χ1) is 7.45. The molecule has 0 unspecified atom stereocenters. The molecule has 0 aliphatic carbocycles. The van der Waals surface area contributed by atoms with Crippen molar-refractivity contribution in [2.45, 2.75) is 40.5 Å². The minimum absolute atomic E-state index is 0.390. The second kappa shape index (κ2) is 7.66. The van der Waals surface area contributed by atoms with E-state index in [1.807, 2.05) is 6.92 Å². The molecule has 4 heteroatoms. The SMILES string of the molecule is CCCCS(=O)(=O)CC[P+](CC)(CC)CC. The maximum absolute atomic E-state index is 11.8. The summed E-state index contributed by atoms with van der Waals surface area (Å²) in [6, 6.07) is 0. The molecular formula is C12H28O2PS+. The standard InChI is InChI=1S/C12H28O2PS/c1-5-9-11-16(13,14)12-10-15(6-2,7-3)8-4/h5-12H2,1-4H3/q+1. The molecule has 0 bridgehead atoms. The van der Waals surface area contributed by atoms with Crippen molar-refractivity contribution in [1.82, 2.24) is 0 Å². The predicted molar refractivity (Wildman–Crippen MR) is 77.0 cm³/mol. The topological polar surface area (TPSA) is 34.1 Å². The highest BCUT2D eigenvalue weighted by atomic mass is 32.2. The van der Waals surface area contributed by atoms with Crippen LogP contribution in [-0.2, 0) is 9.84 Å². The van der Waals surface area contributed by atoms with Crippen LogP contribution in [0.3, 0.4) is 0 Å². The van der Waals surface area contributed by atoms with Crippen LogP contribution in [0.1, 0.15) is 40.5 Å². The van der Waals surface area contributed by atoms with Gasteiger partial charge in [-0.15, -0.1) is 0 Å². The number of rotatable bonds is 9. The first-order valence-corrected chi connectivity index (χ1v) is 10.9. The lowest BCUT2D eigenvalue weighted by Crippen LogP contribution is -2.18. The second-order valence-corrected chi connectivity index (χ2v) is 11.9. The molecule has 0 radical (unpaired) electrons. The van der Waals surface area contributed by atoms with E-state index in [9.17, 15) is 8.42 Å². The highest BCUT2D eigenvalue weighted by Gasteiger charge is 2.32. The van der Waals surface area contributed by atoms with Gasteiger partial charge in [0.15, 0.2) is 9.84 Å². The zero-order valence-electron chi connectivity index (χ0n) is 11.3. The summed E-state index contributed by atoms with van der Waals surface area (Å²) in [6.45, 7) is 8.70. The Hall–Kier alpha value is 0.380. The summed E-state index contributed by atoms with van der Waals surface area (Å²) in [4.78, 5) is 0. The fraction of sp³-hybridized carbons (Fsp3) is 1.00. The molecule has 2 nitrogen and oxygen atoms in total. The largest absolute Gasteiger partial charge is 0.229 e. The van der Waals surface area contributed by atoms with E-state index in [0.717, 1.165) is 19.0 Å². The van der Waals surface area contributed by atoms with Crippen LogP contribution in [0.15, 0.2) is 0 Å². The molecule has 0 spiro atoms. The van der Waals surface area contributed by atoms with Gasteiger partial charge < -0.3 is 0 Å². The van der Waals surface area contributed by atoms with Gasteiger partial charge in [0, 0.05) is 7.26 Å². The molecule has 0 rings (SSSR count). The number of hydrogen-bond donors (Lipinski definition) is 0. The van der Waals surface area contributed by atoms with Crippen molar-refractivity contribution >= 4 is 17.1 Å². The Morgan fingerprint density at radius 3 is 1.75 bits per heavy atom. The van der Waals surface area contributed by atoms with Crippen LogP contribution in [-0.4, -0.2) is 44.6 Å². The summed E-state index contributed by atoms with van der Waals surface area (Å²) in [6.07, 6.45) is 6.32. The zero-order valence-corrected chi connectivity index (χ0v) is 13.0. The van der Waals surface area contributed by atoms with Crippen molar-refractivity contribution in [2.75, 3.05) is 36.2 Å². The average molecular weight is 267 g/mol. The Labute approximate surface area is 102 Å². The molecule has 0 atom stereocenters. The molecule has 0 aromatic heterocycles. The highest BCUT2D eigenvalue weighted by Crippen LogP contribution is 2.57. The molecular weight excluding hydrogens is 239 g/mol. The molecule has 0 aliphatic heterocycles. The number of unbranched alkanes of at least 4 members (excludes halogenated alkanes) is 1. The average Bonchev–Trinajstić information content (AvgIpc) is 2.29. The monoisotopic (exact) mass is 267 g/mol. The van der Waals surface area contributed by atoms with Crippen molar-refractivity contribution in [2.24, 2.45) is 0 Å². The first kappa shape index (κ1) is 16.4. The molecule has 16 heavy (non-hydrogen) atoms. The number of sulfone groups is 1. The molecule has 0 aliphatic rings. The lowest BCUT2D eigenvalue weighted by atomic mass is 10.4. The number of hydrogen-bond acceptors (Lipinski definition) is 2.